The van der Waals surface area contributed by atoms with Crippen LogP contribution in [0.4, 0.5) is 11.8 Å². The number of amides is 1. The third kappa shape index (κ3) is 4.90. The highest BCUT2D eigenvalue weighted by molar-refractivity contribution is 6.36. The van der Waals surface area contributed by atoms with Crippen molar-refractivity contribution in [3.05, 3.63) is 71.6 Å². The number of carbonyl (C=O) groups excluding carboxylic acids is 1. The number of imidazole rings is 1. The maximum Gasteiger partial charge on any atom is 0.230 e. The van der Waals surface area contributed by atoms with Gasteiger partial charge in [0.1, 0.15) is 17.4 Å². The van der Waals surface area contributed by atoms with Gasteiger partial charge in [-0.15, -0.1) is 0 Å². The smallest absolute Gasteiger partial charge is 0.230 e. The van der Waals surface area contributed by atoms with Crippen LogP contribution in [0.3, 0.4) is 0 Å². The highest BCUT2D eigenvalue weighted by Gasteiger charge is 2.22. The van der Waals surface area contributed by atoms with Gasteiger partial charge in [0.25, 0.3) is 0 Å². The Kier molecular flexibility index (Phi) is 6.38. The van der Waals surface area contributed by atoms with Gasteiger partial charge in [0.05, 0.1) is 28.1 Å². The summed E-state index contributed by atoms with van der Waals surface area (Å²) in [6, 6.07) is 17.0. The summed E-state index contributed by atoms with van der Waals surface area (Å²) in [6.07, 6.45) is 1.72. The second-order valence-corrected chi connectivity index (χ2v) is 9.37. The van der Waals surface area contributed by atoms with Crippen LogP contribution in [0.15, 0.2) is 60.8 Å². The summed E-state index contributed by atoms with van der Waals surface area (Å²) in [6.45, 7) is 4.47. The van der Waals surface area contributed by atoms with Gasteiger partial charge in [0.15, 0.2) is 0 Å². The largest absolute Gasteiger partial charge is 0.437 e. The molecule has 11 heteroatoms. The number of nitrogens with zero attached hydrogens (tertiary/aromatic N) is 6. The molecular formula is C27H25ClN8O2. The normalized spacial score (nSPS) is 13.7. The van der Waals surface area contributed by atoms with Crippen molar-refractivity contribution in [2.75, 3.05) is 36.4 Å². The first-order chi connectivity index (χ1) is 18.5. The molecule has 0 atom stereocenters. The SMILES string of the molecule is CC(=O)N1CCN(c2nc(NCc3nc4ccccc4[nH]3)cc(Oc3ccc4ncccc4c3Cl)n2)CC1. The van der Waals surface area contributed by atoms with Crippen molar-refractivity contribution in [2.45, 2.75) is 13.5 Å². The van der Waals surface area contributed by atoms with E-state index in [4.69, 9.17) is 21.3 Å². The van der Waals surface area contributed by atoms with Crippen molar-refractivity contribution in [1.29, 1.82) is 0 Å². The van der Waals surface area contributed by atoms with Gasteiger partial charge in [-0.3, -0.25) is 9.78 Å². The Morgan fingerprint density at radius 2 is 1.87 bits per heavy atom. The average molecular weight is 529 g/mol. The summed E-state index contributed by atoms with van der Waals surface area (Å²) >= 11 is 6.66. The maximum atomic E-state index is 11.8. The number of benzene rings is 2. The number of aromatic amines is 1. The fourth-order valence-electron chi connectivity index (χ4n) is 4.47. The van der Waals surface area contributed by atoms with E-state index in [2.05, 4.69) is 25.3 Å². The molecule has 2 N–H and O–H groups in total. The molecule has 1 amide bonds. The lowest BCUT2D eigenvalue weighted by molar-refractivity contribution is -0.129. The van der Waals surface area contributed by atoms with E-state index in [1.54, 1.807) is 25.3 Å². The van der Waals surface area contributed by atoms with Crippen LogP contribution < -0.4 is 15.0 Å². The molecule has 1 aliphatic heterocycles. The number of H-pyrrole nitrogens is 1. The molecule has 10 nitrogen and oxygen atoms in total. The number of pyridine rings is 1. The van der Waals surface area contributed by atoms with Crippen LogP contribution in [0, 0.1) is 0 Å². The number of nitrogens with one attached hydrogen (secondary N) is 2. The molecule has 1 fully saturated rings. The van der Waals surface area contributed by atoms with Crippen molar-refractivity contribution in [3.63, 3.8) is 0 Å². The lowest BCUT2D eigenvalue weighted by atomic mass is 10.2. The first-order valence-corrected chi connectivity index (χ1v) is 12.7. The zero-order chi connectivity index (χ0) is 26.1. The first-order valence-electron chi connectivity index (χ1n) is 12.3. The lowest BCUT2D eigenvalue weighted by Gasteiger charge is -2.34. The first kappa shape index (κ1) is 23.9. The predicted octanol–water partition coefficient (Wildman–Crippen LogP) is 4.63. The number of hydrogen-bond donors (Lipinski definition) is 2. The van der Waals surface area contributed by atoms with Crippen LogP contribution in [-0.4, -0.2) is 61.9 Å². The zero-order valence-electron chi connectivity index (χ0n) is 20.7. The van der Waals surface area contributed by atoms with Crippen LogP contribution in [0.25, 0.3) is 21.9 Å². The Bertz CT molecular complexity index is 1600. The standard InChI is InChI=1S/C27H25ClN8O2/c1-17(37)35-11-13-36(14-12-35)27-33-23(30-16-24-31-20-6-2-3-7-21(20)32-24)15-25(34-27)38-22-9-8-19-18(26(22)28)5-4-10-29-19/h2-10,15H,11-14,16H2,1H3,(H,31,32)(H,30,33,34). The van der Waals surface area contributed by atoms with Crippen molar-refractivity contribution in [2.24, 2.45) is 0 Å². The van der Waals surface area contributed by atoms with E-state index in [1.165, 1.54) is 0 Å². The highest BCUT2D eigenvalue weighted by atomic mass is 35.5. The number of anilines is 2. The highest BCUT2D eigenvalue weighted by Crippen LogP contribution is 2.35. The van der Waals surface area contributed by atoms with E-state index < -0.39 is 0 Å². The van der Waals surface area contributed by atoms with Gasteiger partial charge in [0, 0.05) is 50.8 Å². The minimum absolute atomic E-state index is 0.0660. The molecule has 0 spiro atoms. The molecular weight excluding hydrogens is 504 g/mol. The molecule has 0 saturated carbocycles. The lowest BCUT2D eigenvalue weighted by Crippen LogP contribution is -2.48. The maximum absolute atomic E-state index is 11.8. The summed E-state index contributed by atoms with van der Waals surface area (Å²) in [5, 5.41) is 4.60. The molecule has 2 aromatic carbocycles. The van der Waals surface area contributed by atoms with Gasteiger partial charge in [-0.1, -0.05) is 23.7 Å². The van der Waals surface area contributed by atoms with Crippen LogP contribution in [0.1, 0.15) is 12.7 Å². The zero-order valence-corrected chi connectivity index (χ0v) is 21.4. The number of hydrogen-bond acceptors (Lipinski definition) is 8. The Morgan fingerprint density at radius 1 is 1.03 bits per heavy atom. The molecule has 192 valence electrons. The summed E-state index contributed by atoms with van der Waals surface area (Å²) in [5.41, 5.74) is 2.66. The Hall–Kier alpha value is -4.44. The number of aromatic nitrogens is 5. The third-order valence-electron chi connectivity index (χ3n) is 6.47. The van der Waals surface area contributed by atoms with Crippen molar-refractivity contribution in [3.8, 4) is 11.6 Å². The number of halogens is 1. The fourth-order valence-corrected chi connectivity index (χ4v) is 4.73. The quantitative estimate of drug-likeness (QED) is 0.328. The molecule has 1 aliphatic rings. The Labute approximate surface area is 223 Å². The topological polar surface area (TPSA) is 112 Å². The second-order valence-electron chi connectivity index (χ2n) is 8.99. The summed E-state index contributed by atoms with van der Waals surface area (Å²) in [4.78, 5) is 37.4. The number of para-hydroxylation sites is 2. The predicted molar refractivity (Wildman–Crippen MR) is 147 cm³/mol. The average Bonchev–Trinajstić information content (AvgIpc) is 3.37. The Balaban J connectivity index is 1.29. The molecule has 4 heterocycles. The Morgan fingerprint density at radius 3 is 2.68 bits per heavy atom. The molecule has 0 aliphatic carbocycles. The van der Waals surface area contributed by atoms with Gasteiger partial charge < -0.3 is 24.8 Å². The molecule has 0 radical (unpaired) electrons. The minimum Gasteiger partial charge on any atom is -0.437 e. The van der Waals surface area contributed by atoms with Crippen molar-refractivity contribution < 1.29 is 9.53 Å². The van der Waals surface area contributed by atoms with Gasteiger partial charge >= 0.3 is 0 Å². The van der Waals surface area contributed by atoms with Crippen LogP contribution >= 0.6 is 11.6 Å². The molecule has 6 rings (SSSR count). The van der Waals surface area contributed by atoms with Gasteiger partial charge in [-0.2, -0.15) is 9.97 Å². The molecule has 1 saturated heterocycles. The summed E-state index contributed by atoms with van der Waals surface area (Å²) in [5.74, 6) is 2.77. The van der Waals surface area contributed by atoms with Crippen molar-refractivity contribution >= 4 is 51.2 Å². The van der Waals surface area contributed by atoms with E-state index in [1.807, 2.05) is 52.3 Å². The number of carbonyl (C=O) groups is 1. The van der Waals surface area contributed by atoms with E-state index in [0.29, 0.717) is 61.1 Å². The van der Waals surface area contributed by atoms with E-state index in [0.717, 1.165) is 27.8 Å². The molecule has 0 bridgehead atoms. The summed E-state index contributed by atoms with van der Waals surface area (Å²) < 4.78 is 6.18. The van der Waals surface area contributed by atoms with Crippen LogP contribution in [-0.2, 0) is 11.3 Å². The monoisotopic (exact) mass is 528 g/mol. The number of piperazine rings is 1. The summed E-state index contributed by atoms with van der Waals surface area (Å²) in [7, 11) is 0. The molecule has 3 aromatic heterocycles. The van der Waals surface area contributed by atoms with Gasteiger partial charge in [0.2, 0.25) is 17.7 Å². The van der Waals surface area contributed by atoms with Crippen LogP contribution in [0.2, 0.25) is 5.02 Å². The van der Waals surface area contributed by atoms with Gasteiger partial charge in [-0.25, -0.2) is 4.98 Å². The number of fused-ring (bicyclic) bond motifs is 2. The van der Waals surface area contributed by atoms with Crippen molar-refractivity contribution in [1.82, 2.24) is 29.8 Å². The number of rotatable bonds is 6. The van der Waals surface area contributed by atoms with E-state index >= 15 is 0 Å². The third-order valence-corrected chi connectivity index (χ3v) is 6.86. The fraction of sp³-hybridized carbons (Fsp3) is 0.222. The molecule has 5 aromatic rings. The van der Waals surface area contributed by atoms with E-state index in [-0.39, 0.29) is 5.91 Å². The van der Waals surface area contributed by atoms with Gasteiger partial charge in [-0.05, 0) is 36.4 Å². The molecule has 38 heavy (non-hydrogen) atoms. The van der Waals surface area contributed by atoms with Crippen LogP contribution in [0.5, 0.6) is 11.6 Å². The van der Waals surface area contributed by atoms with E-state index in [9.17, 15) is 4.79 Å². The molecule has 0 unspecified atom stereocenters. The number of ether oxygens (including phenoxy) is 1. The minimum atomic E-state index is 0.0660. The second kappa shape index (κ2) is 10.1.